The molecule has 0 fully saturated rings. The first-order valence-corrected chi connectivity index (χ1v) is 13.5. The number of fused-ring (bicyclic) bond motifs is 1. The van der Waals surface area contributed by atoms with Crippen molar-refractivity contribution >= 4 is 38.7 Å². The van der Waals surface area contributed by atoms with Gasteiger partial charge in [-0.1, -0.05) is 76.1 Å². The molecule has 0 aliphatic rings. The number of carbonyl (C=O) groups excluding carboxylic acids is 2. The van der Waals surface area contributed by atoms with Gasteiger partial charge in [0.1, 0.15) is 5.60 Å². The Labute approximate surface area is 232 Å². The number of hydrogen-bond acceptors (Lipinski definition) is 4. The van der Waals surface area contributed by atoms with E-state index in [2.05, 4.69) is 27.3 Å². The fourth-order valence-electron chi connectivity index (χ4n) is 4.62. The smallest absolute Gasteiger partial charge is 0.306 e. The van der Waals surface area contributed by atoms with Crippen LogP contribution >= 0.6 is 15.9 Å². The first-order chi connectivity index (χ1) is 18.0. The predicted molar refractivity (Wildman–Crippen MR) is 156 cm³/mol. The zero-order valence-corrected chi connectivity index (χ0v) is 24.1. The standard InChI is InChI=1S/C32H33BrN2O3/c1-20-10-9-13-23(16-20)24(17-28(36)38-32(3,4)5)19-34-31(37)29-21(2)30(22-11-7-6-8-12-22)35-27-15-14-25(33)18-26(27)29/h6-16,18,24H,17,19H2,1-5H3,(H,34,37). The molecule has 196 valence electrons. The third-order valence-electron chi connectivity index (χ3n) is 6.32. The second-order valence-corrected chi connectivity index (χ2v) is 11.5. The van der Waals surface area contributed by atoms with E-state index in [1.54, 1.807) is 0 Å². The van der Waals surface area contributed by atoms with Gasteiger partial charge < -0.3 is 10.1 Å². The van der Waals surface area contributed by atoms with E-state index in [4.69, 9.17) is 9.72 Å². The maximum atomic E-state index is 13.8. The molecule has 6 heteroatoms. The van der Waals surface area contributed by atoms with Gasteiger partial charge in [-0.2, -0.15) is 0 Å². The number of aromatic nitrogens is 1. The van der Waals surface area contributed by atoms with Crippen LogP contribution in [0.5, 0.6) is 0 Å². The van der Waals surface area contributed by atoms with Crippen LogP contribution in [0.1, 0.15) is 60.2 Å². The second-order valence-electron chi connectivity index (χ2n) is 10.6. The normalized spacial score (nSPS) is 12.3. The third kappa shape index (κ3) is 6.67. The number of aryl methyl sites for hydroxylation is 1. The van der Waals surface area contributed by atoms with Crippen LogP contribution in [0.3, 0.4) is 0 Å². The van der Waals surface area contributed by atoms with Crippen molar-refractivity contribution in [3.63, 3.8) is 0 Å². The zero-order valence-electron chi connectivity index (χ0n) is 22.5. The van der Waals surface area contributed by atoms with E-state index in [0.717, 1.165) is 43.3 Å². The highest BCUT2D eigenvalue weighted by molar-refractivity contribution is 9.10. The van der Waals surface area contributed by atoms with Crippen molar-refractivity contribution in [3.05, 3.63) is 99.5 Å². The summed E-state index contributed by atoms with van der Waals surface area (Å²) in [6.07, 6.45) is 0.165. The van der Waals surface area contributed by atoms with Crippen LogP contribution in [-0.4, -0.2) is 29.0 Å². The molecule has 1 N–H and O–H groups in total. The minimum Gasteiger partial charge on any atom is -0.460 e. The molecule has 4 aromatic rings. The number of nitrogens with zero attached hydrogens (tertiary/aromatic N) is 1. The van der Waals surface area contributed by atoms with E-state index >= 15 is 0 Å². The number of amides is 1. The number of ether oxygens (including phenoxy) is 1. The molecule has 0 bridgehead atoms. The van der Waals surface area contributed by atoms with Gasteiger partial charge in [0.15, 0.2) is 0 Å². The first kappa shape index (κ1) is 27.5. The number of benzene rings is 3. The van der Waals surface area contributed by atoms with E-state index in [0.29, 0.717) is 12.1 Å². The largest absolute Gasteiger partial charge is 0.460 e. The molecular weight excluding hydrogens is 540 g/mol. The Balaban J connectivity index is 1.69. The van der Waals surface area contributed by atoms with Crippen molar-refractivity contribution in [2.45, 2.75) is 52.6 Å². The van der Waals surface area contributed by atoms with Crippen LogP contribution in [0.4, 0.5) is 0 Å². The fraction of sp³-hybridized carbons (Fsp3) is 0.281. The van der Waals surface area contributed by atoms with Crippen LogP contribution in [-0.2, 0) is 9.53 Å². The highest BCUT2D eigenvalue weighted by Crippen LogP contribution is 2.31. The highest BCUT2D eigenvalue weighted by Gasteiger charge is 2.24. The summed E-state index contributed by atoms with van der Waals surface area (Å²) < 4.78 is 6.47. The number of esters is 1. The molecule has 1 unspecified atom stereocenters. The Morgan fingerprint density at radius 1 is 0.974 bits per heavy atom. The Hall–Kier alpha value is -3.51. The van der Waals surface area contributed by atoms with Gasteiger partial charge in [0, 0.05) is 27.9 Å². The average molecular weight is 574 g/mol. The SMILES string of the molecule is Cc1cccc(C(CNC(=O)c2c(C)c(-c3ccccc3)nc3ccc(Br)cc23)CC(=O)OC(C)(C)C)c1. The summed E-state index contributed by atoms with van der Waals surface area (Å²) >= 11 is 3.54. The van der Waals surface area contributed by atoms with Gasteiger partial charge in [-0.05, 0) is 63.9 Å². The molecule has 0 spiro atoms. The van der Waals surface area contributed by atoms with E-state index < -0.39 is 5.60 Å². The maximum absolute atomic E-state index is 13.8. The Morgan fingerprint density at radius 2 is 1.71 bits per heavy atom. The van der Waals surface area contributed by atoms with E-state index in [1.165, 1.54) is 0 Å². The molecule has 0 saturated carbocycles. The molecule has 38 heavy (non-hydrogen) atoms. The highest BCUT2D eigenvalue weighted by atomic mass is 79.9. The lowest BCUT2D eigenvalue weighted by molar-refractivity contribution is -0.155. The molecule has 0 aliphatic heterocycles. The van der Waals surface area contributed by atoms with Crippen molar-refractivity contribution in [1.29, 1.82) is 0 Å². The van der Waals surface area contributed by atoms with Gasteiger partial charge in [0.25, 0.3) is 5.91 Å². The molecule has 1 aromatic heterocycles. The summed E-state index contributed by atoms with van der Waals surface area (Å²) in [7, 11) is 0. The summed E-state index contributed by atoms with van der Waals surface area (Å²) in [6, 6.07) is 23.7. The Bertz CT molecular complexity index is 1480. The molecular formula is C32H33BrN2O3. The number of nitrogens with one attached hydrogen (secondary N) is 1. The molecule has 3 aromatic carbocycles. The number of carbonyl (C=O) groups is 2. The fourth-order valence-corrected chi connectivity index (χ4v) is 4.98. The molecule has 1 amide bonds. The van der Waals surface area contributed by atoms with E-state index in [9.17, 15) is 9.59 Å². The second kappa shape index (κ2) is 11.5. The first-order valence-electron chi connectivity index (χ1n) is 12.7. The topological polar surface area (TPSA) is 68.3 Å². The van der Waals surface area contributed by atoms with Crippen LogP contribution in [0.15, 0.2) is 77.3 Å². The number of hydrogen-bond donors (Lipinski definition) is 1. The van der Waals surface area contributed by atoms with Gasteiger partial charge in [-0.15, -0.1) is 0 Å². The van der Waals surface area contributed by atoms with Crippen molar-refractivity contribution in [1.82, 2.24) is 10.3 Å². The van der Waals surface area contributed by atoms with E-state index in [-0.39, 0.29) is 24.2 Å². The van der Waals surface area contributed by atoms with Crippen LogP contribution in [0.2, 0.25) is 0 Å². The molecule has 0 radical (unpaired) electrons. The monoisotopic (exact) mass is 572 g/mol. The van der Waals surface area contributed by atoms with Crippen LogP contribution < -0.4 is 5.32 Å². The van der Waals surface area contributed by atoms with Crippen molar-refractivity contribution in [2.24, 2.45) is 0 Å². The summed E-state index contributed by atoms with van der Waals surface area (Å²) in [6.45, 7) is 9.81. The van der Waals surface area contributed by atoms with Gasteiger partial charge in [0.2, 0.25) is 0 Å². The molecule has 5 nitrogen and oxygen atoms in total. The number of pyridine rings is 1. The molecule has 0 saturated heterocycles. The van der Waals surface area contributed by atoms with E-state index in [1.807, 2.05) is 101 Å². The molecule has 1 atom stereocenters. The lowest BCUT2D eigenvalue weighted by atomic mass is 9.93. The van der Waals surface area contributed by atoms with Gasteiger partial charge in [-0.3, -0.25) is 9.59 Å². The quantitative estimate of drug-likeness (QED) is 0.232. The van der Waals surface area contributed by atoms with Gasteiger partial charge in [0.05, 0.1) is 23.2 Å². The minimum atomic E-state index is -0.578. The average Bonchev–Trinajstić information content (AvgIpc) is 2.85. The molecule has 4 rings (SSSR count). The molecule has 1 heterocycles. The lowest BCUT2D eigenvalue weighted by Gasteiger charge is -2.23. The van der Waals surface area contributed by atoms with Crippen LogP contribution in [0, 0.1) is 13.8 Å². The molecule has 0 aliphatic carbocycles. The van der Waals surface area contributed by atoms with Crippen molar-refractivity contribution < 1.29 is 14.3 Å². The van der Waals surface area contributed by atoms with Crippen LogP contribution in [0.25, 0.3) is 22.2 Å². The Morgan fingerprint density at radius 3 is 2.39 bits per heavy atom. The minimum absolute atomic E-state index is 0.165. The van der Waals surface area contributed by atoms with Gasteiger partial charge >= 0.3 is 5.97 Å². The summed E-state index contributed by atoms with van der Waals surface area (Å²) in [4.78, 5) is 31.5. The summed E-state index contributed by atoms with van der Waals surface area (Å²) in [5.74, 6) is -0.728. The number of rotatable bonds is 7. The Kier molecular flexibility index (Phi) is 8.32. The predicted octanol–water partition coefficient (Wildman–Crippen LogP) is 7.53. The zero-order chi connectivity index (χ0) is 27.4. The van der Waals surface area contributed by atoms with Gasteiger partial charge in [-0.25, -0.2) is 4.98 Å². The third-order valence-corrected chi connectivity index (χ3v) is 6.81. The van der Waals surface area contributed by atoms with Crippen molar-refractivity contribution in [3.8, 4) is 11.3 Å². The summed E-state index contributed by atoms with van der Waals surface area (Å²) in [5.41, 5.74) is 5.35. The number of halogens is 1. The lowest BCUT2D eigenvalue weighted by Crippen LogP contribution is -2.32. The summed E-state index contributed by atoms with van der Waals surface area (Å²) in [5, 5.41) is 3.90. The van der Waals surface area contributed by atoms with Crippen molar-refractivity contribution in [2.75, 3.05) is 6.54 Å². The maximum Gasteiger partial charge on any atom is 0.306 e.